The topological polar surface area (TPSA) is 70.2 Å². The lowest BCUT2D eigenvalue weighted by molar-refractivity contribution is -0.126. The monoisotopic (exact) mass is 335 g/mol. The molecule has 3 N–H and O–H groups in total. The fraction of sp³-hybridized carbons (Fsp3) is 0.333. The molecule has 0 bridgehead atoms. The molecule has 1 aliphatic carbocycles. The predicted octanol–water partition coefficient (Wildman–Crippen LogP) is 2.62. The second-order valence-electron chi connectivity index (χ2n) is 4.41. The zero-order chi connectivity index (χ0) is 14.7. The van der Waals surface area contributed by atoms with Gasteiger partial charge in [-0.3, -0.25) is 20.4 Å². The molecule has 20 heavy (non-hydrogen) atoms. The second kappa shape index (κ2) is 6.52. The van der Waals surface area contributed by atoms with E-state index in [4.69, 9.17) is 34.8 Å². The van der Waals surface area contributed by atoms with E-state index >= 15 is 0 Å². The highest BCUT2D eigenvalue weighted by Crippen LogP contribution is 2.33. The molecule has 5 nitrogen and oxygen atoms in total. The molecule has 8 heteroatoms. The summed E-state index contributed by atoms with van der Waals surface area (Å²) in [6.07, 6.45) is 1.78. The Labute approximate surface area is 130 Å². The second-order valence-corrected chi connectivity index (χ2v) is 5.66. The number of hydrogen-bond donors (Lipinski definition) is 3. The third-order valence-corrected chi connectivity index (χ3v) is 3.52. The van der Waals surface area contributed by atoms with Gasteiger partial charge in [0.15, 0.2) is 0 Å². The Balaban J connectivity index is 1.82. The highest BCUT2D eigenvalue weighted by molar-refractivity contribution is 6.41. The SMILES string of the molecule is O=C(CNC(=O)C1CC1)NNc1c(Cl)cc(Cl)cc1Cl. The maximum Gasteiger partial charge on any atom is 0.257 e. The average Bonchev–Trinajstić information content (AvgIpc) is 3.18. The van der Waals surface area contributed by atoms with Crippen molar-refractivity contribution in [3.05, 3.63) is 27.2 Å². The normalized spacial score (nSPS) is 13.8. The molecule has 2 amide bonds. The van der Waals surface area contributed by atoms with Crippen LogP contribution in [0.25, 0.3) is 0 Å². The Bertz CT molecular complexity index is 524. The summed E-state index contributed by atoms with van der Waals surface area (Å²) in [4.78, 5) is 22.9. The number of rotatable bonds is 5. The van der Waals surface area contributed by atoms with E-state index in [1.165, 1.54) is 12.1 Å². The van der Waals surface area contributed by atoms with Crippen molar-refractivity contribution in [2.45, 2.75) is 12.8 Å². The van der Waals surface area contributed by atoms with Gasteiger partial charge in [0.1, 0.15) is 0 Å². The number of benzene rings is 1. The van der Waals surface area contributed by atoms with Crippen LogP contribution in [0.1, 0.15) is 12.8 Å². The van der Waals surface area contributed by atoms with Gasteiger partial charge < -0.3 is 5.32 Å². The molecule has 0 aliphatic heterocycles. The van der Waals surface area contributed by atoms with Crippen molar-refractivity contribution < 1.29 is 9.59 Å². The van der Waals surface area contributed by atoms with E-state index in [1.807, 2.05) is 0 Å². The summed E-state index contributed by atoms with van der Waals surface area (Å²) >= 11 is 17.7. The van der Waals surface area contributed by atoms with Crippen LogP contribution in [-0.2, 0) is 9.59 Å². The molecule has 1 fully saturated rings. The van der Waals surface area contributed by atoms with Crippen LogP contribution in [0.2, 0.25) is 15.1 Å². The van der Waals surface area contributed by atoms with Gasteiger partial charge >= 0.3 is 0 Å². The molecule has 1 aliphatic rings. The van der Waals surface area contributed by atoms with Gasteiger partial charge in [-0.15, -0.1) is 0 Å². The van der Waals surface area contributed by atoms with Crippen molar-refractivity contribution in [2.24, 2.45) is 5.92 Å². The minimum absolute atomic E-state index is 0.0657. The van der Waals surface area contributed by atoms with Crippen LogP contribution in [0.5, 0.6) is 0 Å². The number of nitrogens with one attached hydrogen (secondary N) is 3. The van der Waals surface area contributed by atoms with E-state index in [0.717, 1.165) is 12.8 Å². The number of hydrogen-bond acceptors (Lipinski definition) is 3. The first-order valence-electron chi connectivity index (χ1n) is 5.94. The van der Waals surface area contributed by atoms with E-state index in [0.29, 0.717) is 10.7 Å². The van der Waals surface area contributed by atoms with Crippen LogP contribution in [0.15, 0.2) is 12.1 Å². The Morgan fingerprint density at radius 2 is 1.75 bits per heavy atom. The molecule has 0 spiro atoms. The minimum atomic E-state index is -0.402. The van der Waals surface area contributed by atoms with Gasteiger partial charge in [-0.05, 0) is 25.0 Å². The average molecular weight is 337 g/mol. The predicted molar refractivity (Wildman–Crippen MR) is 79.0 cm³/mol. The number of carbonyl (C=O) groups excluding carboxylic acids is 2. The lowest BCUT2D eigenvalue weighted by Gasteiger charge is -2.12. The number of amides is 2. The first-order valence-corrected chi connectivity index (χ1v) is 7.08. The fourth-order valence-electron chi connectivity index (χ4n) is 1.50. The van der Waals surface area contributed by atoms with Crippen LogP contribution in [0.3, 0.4) is 0 Å². The van der Waals surface area contributed by atoms with E-state index in [9.17, 15) is 9.59 Å². The van der Waals surface area contributed by atoms with Crippen molar-refractivity contribution in [3.8, 4) is 0 Å². The number of halogens is 3. The highest BCUT2D eigenvalue weighted by atomic mass is 35.5. The third-order valence-electron chi connectivity index (χ3n) is 2.71. The van der Waals surface area contributed by atoms with E-state index in [1.54, 1.807) is 0 Å². The Hall–Kier alpha value is -1.17. The first-order chi connectivity index (χ1) is 9.47. The quantitative estimate of drug-likeness (QED) is 0.724. The molecule has 108 valence electrons. The maximum atomic E-state index is 11.6. The van der Waals surface area contributed by atoms with Gasteiger partial charge in [-0.2, -0.15) is 0 Å². The Kier molecular flexibility index (Phi) is 4.96. The number of carbonyl (C=O) groups is 2. The van der Waals surface area contributed by atoms with Crippen molar-refractivity contribution in [3.63, 3.8) is 0 Å². The summed E-state index contributed by atoms with van der Waals surface area (Å²) in [5.74, 6) is -0.431. The Morgan fingerprint density at radius 1 is 1.15 bits per heavy atom. The van der Waals surface area contributed by atoms with E-state index in [-0.39, 0.29) is 28.4 Å². The standard InChI is InChI=1S/C12H12Cl3N3O2/c13-7-3-8(14)11(9(15)4-7)18-17-10(19)5-16-12(20)6-1-2-6/h3-4,6,18H,1-2,5H2,(H,16,20)(H,17,19). The van der Waals surface area contributed by atoms with E-state index in [2.05, 4.69) is 16.2 Å². The molecule has 0 unspecified atom stereocenters. The van der Waals surface area contributed by atoms with Crippen LogP contribution in [0.4, 0.5) is 5.69 Å². The number of anilines is 1. The fourth-order valence-corrected chi connectivity index (χ4v) is 2.41. The Morgan fingerprint density at radius 3 is 2.30 bits per heavy atom. The van der Waals surface area contributed by atoms with Gasteiger partial charge in [-0.25, -0.2) is 0 Å². The van der Waals surface area contributed by atoms with Crippen LogP contribution < -0.4 is 16.2 Å². The first kappa shape index (κ1) is 15.2. The van der Waals surface area contributed by atoms with Crippen molar-refractivity contribution >= 4 is 52.3 Å². The largest absolute Gasteiger partial charge is 0.347 e. The van der Waals surface area contributed by atoms with Gasteiger partial charge in [0.25, 0.3) is 5.91 Å². The molecule has 0 atom stereocenters. The summed E-state index contributed by atoms with van der Waals surface area (Å²) in [6.45, 7) is -0.106. The van der Waals surface area contributed by atoms with Crippen molar-refractivity contribution in [1.82, 2.24) is 10.7 Å². The zero-order valence-electron chi connectivity index (χ0n) is 10.3. The lowest BCUT2D eigenvalue weighted by atomic mass is 10.3. The molecule has 1 aromatic rings. The highest BCUT2D eigenvalue weighted by Gasteiger charge is 2.29. The summed E-state index contributed by atoms with van der Waals surface area (Å²) in [6, 6.07) is 3.00. The molecular weight excluding hydrogens is 325 g/mol. The van der Waals surface area contributed by atoms with Crippen LogP contribution in [0, 0.1) is 5.92 Å². The molecule has 1 aromatic carbocycles. The molecule has 0 radical (unpaired) electrons. The van der Waals surface area contributed by atoms with Gasteiger partial charge in [0.2, 0.25) is 5.91 Å². The summed E-state index contributed by atoms with van der Waals surface area (Å²) in [5, 5.41) is 3.50. The lowest BCUT2D eigenvalue weighted by Crippen LogP contribution is -2.40. The molecule has 0 heterocycles. The molecule has 0 aromatic heterocycles. The smallest absolute Gasteiger partial charge is 0.257 e. The van der Waals surface area contributed by atoms with Crippen molar-refractivity contribution in [2.75, 3.05) is 12.0 Å². The van der Waals surface area contributed by atoms with Gasteiger partial charge in [-0.1, -0.05) is 34.8 Å². The molecule has 2 rings (SSSR count). The van der Waals surface area contributed by atoms with Crippen LogP contribution >= 0.6 is 34.8 Å². The van der Waals surface area contributed by atoms with Crippen LogP contribution in [-0.4, -0.2) is 18.4 Å². The van der Waals surface area contributed by atoms with Gasteiger partial charge in [0, 0.05) is 10.9 Å². The molecule has 1 saturated carbocycles. The van der Waals surface area contributed by atoms with Gasteiger partial charge in [0.05, 0.1) is 22.3 Å². The number of hydrazine groups is 1. The van der Waals surface area contributed by atoms with E-state index < -0.39 is 5.91 Å². The third kappa shape index (κ3) is 4.16. The summed E-state index contributed by atoms with van der Waals surface area (Å²) in [5.41, 5.74) is 5.35. The zero-order valence-corrected chi connectivity index (χ0v) is 12.6. The molecular formula is C12H12Cl3N3O2. The summed E-state index contributed by atoms with van der Waals surface area (Å²) < 4.78 is 0. The molecule has 0 saturated heterocycles. The summed E-state index contributed by atoms with van der Waals surface area (Å²) in [7, 11) is 0. The maximum absolute atomic E-state index is 11.6. The van der Waals surface area contributed by atoms with Crippen molar-refractivity contribution in [1.29, 1.82) is 0 Å². The minimum Gasteiger partial charge on any atom is -0.347 e.